The molecule has 102 valence electrons. The summed E-state index contributed by atoms with van der Waals surface area (Å²) >= 11 is 0. The zero-order chi connectivity index (χ0) is 14.1. The Labute approximate surface area is 119 Å². The van der Waals surface area contributed by atoms with Gasteiger partial charge in [0.25, 0.3) is 0 Å². The van der Waals surface area contributed by atoms with Crippen molar-refractivity contribution in [1.82, 2.24) is 5.48 Å². The van der Waals surface area contributed by atoms with Gasteiger partial charge in [-0.15, -0.1) is 0 Å². The molecule has 1 N–H and O–H groups in total. The molecule has 0 aromatic heterocycles. The van der Waals surface area contributed by atoms with Crippen molar-refractivity contribution in [3.63, 3.8) is 0 Å². The lowest BCUT2D eigenvalue weighted by Crippen LogP contribution is -2.19. The summed E-state index contributed by atoms with van der Waals surface area (Å²) in [5.74, 6) is 0.799. The number of aryl methyl sites for hydroxylation is 3. The van der Waals surface area contributed by atoms with Crippen molar-refractivity contribution in [2.45, 2.75) is 27.0 Å². The van der Waals surface area contributed by atoms with Crippen molar-refractivity contribution < 1.29 is 4.84 Å². The van der Waals surface area contributed by atoms with E-state index < -0.39 is 0 Å². The summed E-state index contributed by atoms with van der Waals surface area (Å²) in [6, 6.07) is 14.5. The molecule has 3 rings (SSSR count). The molecule has 2 aromatic rings. The number of hydrogen-bond donors (Lipinski definition) is 1. The van der Waals surface area contributed by atoms with Gasteiger partial charge in [0.05, 0.1) is 0 Å². The highest BCUT2D eigenvalue weighted by Crippen LogP contribution is 2.27. The maximum Gasteiger partial charge on any atom is 0.203 e. The number of hydrogen-bond acceptors (Lipinski definition) is 3. The molecule has 1 aliphatic heterocycles. The molecule has 0 bridgehead atoms. The van der Waals surface area contributed by atoms with E-state index >= 15 is 0 Å². The van der Waals surface area contributed by atoms with Crippen molar-refractivity contribution in [1.29, 1.82) is 0 Å². The van der Waals surface area contributed by atoms with Crippen LogP contribution in [0.25, 0.3) is 0 Å². The molecule has 2 aromatic carbocycles. The standard InChI is InChI=1S/C17H18N2O/c1-11-8-9-15(13(3)10-11)17-18-16(19-20-17)14-7-5-4-6-12(14)2/h4-10,17H,1-3H3,(H,18,19). The van der Waals surface area contributed by atoms with E-state index in [0.717, 1.165) is 17.0 Å². The fourth-order valence-corrected chi connectivity index (χ4v) is 2.48. The van der Waals surface area contributed by atoms with Gasteiger partial charge in [-0.1, -0.05) is 48.0 Å². The fourth-order valence-electron chi connectivity index (χ4n) is 2.48. The topological polar surface area (TPSA) is 33.6 Å². The summed E-state index contributed by atoms with van der Waals surface area (Å²) in [7, 11) is 0. The molecule has 3 heteroatoms. The SMILES string of the molecule is Cc1ccc(C2N=C(c3ccccc3C)NO2)c(C)c1. The number of nitrogens with zero attached hydrogens (tertiary/aromatic N) is 1. The predicted octanol–water partition coefficient (Wildman–Crippen LogP) is 3.59. The van der Waals surface area contributed by atoms with E-state index in [1.54, 1.807) is 0 Å². The zero-order valence-electron chi connectivity index (χ0n) is 12.0. The molecule has 0 spiro atoms. The third-order valence-electron chi connectivity index (χ3n) is 3.61. The maximum atomic E-state index is 5.63. The number of nitrogens with one attached hydrogen (secondary N) is 1. The van der Waals surface area contributed by atoms with Gasteiger partial charge in [0, 0.05) is 11.1 Å². The fraction of sp³-hybridized carbons (Fsp3) is 0.235. The average Bonchev–Trinajstić information content (AvgIpc) is 2.88. The van der Waals surface area contributed by atoms with Crippen LogP contribution in [0, 0.1) is 20.8 Å². The van der Waals surface area contributed by atoms with E-state index in [4.69, 9.17) is 4.84 Å². The molecule has 0 saturated heterocycles. The number of aliphatic imine (C=N–C) groups is 1. The Morgan fingerprint density at radius 3 is 2.55 bits per heavy atom. The number of hydroxylamine groups is 1. The molecule has 3 nitrogen and oxygen atoms in total. The van der Waals surface area contributed by atoms with Crippen LogP contribution in [0.1, 0.15) is 34.0 Å². The summed E-state index contributed by atoms with van der Waals surface area (Å²) in [6.07, 6.45) is -0.273. The monoisotopic (exact) mass is 266 g/mol. The van der Waals surface area contributed by atoms with Crippen LogP contribution in [0.15, 0.2) is 47.5 Å². The van der Waals surface area contributed by atoms with Gasteiger partial charge in [0.1, 0.15) is 0 Å². The summed E-state index contributed by atoms with van der Waals surface area (Å²) in [6.45, 7) is 6.25. The molecule has 0 radical (unpaired) electrons. The minimum Gasteiger partial charge on any atom is -0.246 e. The van der Waals surface area contributed by atoms with Crippen molar-refractivity contribution in [2.75, 3.05) is 0 Å². The van der Waals surface area contributed by atoms with Gasteiger partial charge < -0.3 is 0 Å². The second-order valence-corrected chi connectivity index (χ2v) is 5.22. The van der Waals surface area contributed by atoms with Crippen LogP contribution in [0.3, 0.4) is 0 Å². The summed E-state index contributed by atoms with van der Waals surface area (Å²) in [5, 5.41) is 0. The molecular weight excluding hydrogens is 248 g/mol. The molecule has 0 saturated carbocycles. The lowest BCUT2D eigenvalue weighted by atomic mass is 10.0. The van der Waals surface area contributed by atoms with Crippen LogP contribution in [-0.4, -0.2) is 5.84 Å². The van der Waals surface area contributed by atoms with Gasteiger partial charge in [-0.05, 0) is 31.9 Å². The quantitative estimate of drug-likeness (QED) is 0.901. The highest BCUT2D eigenvalue weighted by atomic mass is 16.7. The first kappa shape index (κ1) is 12.9. The highest BCUT2D eigenvalue weighted by Gasteiger charge is 2.22. The molecule has 0 fully saturated rings. The maximum absolute atomic E-state index is 5.63. The lowest BCUT2D eigenvalue weighted by molar-refractivity contribution is 0.0373. The molecule has 1 unspecified atom stereocenters. The molecule has 1 heterocycles. The molecule has 0 amide bonds. The Morgan fingerprint density at radius 1 is 1.00 bits per heavy atom. The zero-order valence-corrected chi connectivity index (χ0v) is 12.0. The summed E-state index contributed by atoms with van der Waals surface area (Å²) in [5.41, 5.74) is 8.78. The van der Waals surface area contributed by atoms with Crippen molar-refractivity contribution in [3.05, 3.63) is 70.3 Å². The molecule has 0 aliphatic carbocycles. The molecule has 20 heavy (non-hydrogen) atoms. The number of rotatable bonds is 2. The number of amidine groups is 1. The molecule has 1 aliphatic rings. The first-order valence-electron chi connectivity index (χ1n) is 6.78. The van der Waals surface area contributed by atoms with Crippen LogP contribution >= 0.6 is 0 Å². The third kappa shape index (κ3) is 2.32. The third-order valence-corrected chi connectivity index (χ3v) is 3.61. The molecule has 1 atom stereocenters. The van der Waals surface area contributed by atoms with Crippen LogP contribution in [0.5, 0.6) is 0 Å². The van der Waals surface area contributed by atoms with E-state index in [0.29, 0.717) is 0 Å². The second kappa shape index (κ2) is 5.10. The van der Waals surface area contributed by atoms with E-state index in [-0.39, 0.29) is 6.23 Å². The van der Waals surface area contributed by atoms with Crippen molar-refractivity contribution in [2.24, 2.45) is 4.99 Å². The second-order valence-electron chi connectivity index (χ2n) is 5.22. The molecular formula is C17H18N2O. The van der Waals surface area contributed by atoms with E-state index in [1.165, 1.54) is 16.7 Å². The largest absolute Gasteiger partial charge is 0.246 e. The Balaban J connectivity index is 1.94. The van der Waals surface area contributed by atoms with Gasteiger partial charge in [-0.25, -0.2) is 15.3 Å². The van der Waals surface area contributed by atoms with E-state index in [9.17, 15) is 0 Å². The van der Waals surface area contributed by atoms with Crippen LogP contribution in [0.2, 0.25) is 0 Å². The average molecular weight is 266 g/mol. The smallest absolute Gasteiger partial charge is 0.203 e. The Hall–Kier alpha value is -2.13. The van der Waals surface area contributed by atoms with Gasteiger partial charge in [0.2, 0.25) is 6.23 Å². The van der Waals surface area contributed by atoms with Crippen LogP contribution in [0.4, 0.5) is 0 Å². The van der Waals surface area contributed by atoms with Crippen molar-refractivity contribution in [3.8, 4) is 0 Å². The summed E-state index contributed by atoms with van der Waals surface area (Å²) in [4.78, 5) is 10.3. The summed E-state index contributed by atoms with van der Waals surface area (Å²) < 4.78 is 0. The minimum absolute atomic E-state index is 0.273. The van der Waals surface area contributed by atoms with Gasteiger partial charge in [0.15, 0.2) is 5.84 Å². The Morgan fingerprint density at radius 2 is 1.80 bits per heavy atom. The Bertz CT molecular complexity index is 676. The van der Waals surface area contributed by atoms with E-state index in [2.05, 4.69) is 61.6 Å². The minimum atomic E-state index is -0.273. The van der Waals surface area contributed by atoms with Gasteiger partial charge >= 0.3 is 0 Å². The predicted molar refractivity (Wildman–Crippen MR) is 80.6 cm³/mol. The highest BCUT2D eigenvalue weighted by molar-refractivity contribution is 6.00. The van der Waals surface area contributed by atoms with Crippen LogP contribution in [-0.2, 0) is 4.84 Å². The van der Waals surface area contributed by atoms with Gasteiger partial charge in [-0.2, -0.15) is 0 Å². The first-order valence-corrected chi connectivity index (χ1v) is 6.78. The first-order chi connectivity index (χ1) is 9.65. The Kier molecular flexibility index (Phi) is 3.28. The van der Waals surface area contributed by atoms with E-state index in [1.807, 2.05) is 12.1 Å². The lowest BCUT2D eigenvalue weighted by Gasteiger charge is -2.10. The van der Waals surface area contributed by atoms with Gasteiger partial charge in [-0.3, -0.25) is 0 Å². The number of benzene rings is 2. The van der Waals surface area contributed by atoms with Crippen molar-refractivity contribution >= 4 is 5.84 Å². The van der Waals surface area contributed by atoms with Crippen LogP contribution < -0.4 is 5.48 Å². The normalized spacial score (nSPS) is 17.8.